The van der Waals surface area contributed by atoms with E-state index in [9.17, 15) is 4.79 Å². The van der Waals surface area contributed by atoms with Gasteiger partial charge in [0.15, 0.2) is 0 Å². The zero-order chi connectivity index (χ0) is 15.4. The average Bonchev–Trinajstić information content (AvgIpc) is 2.99. The SMILES string of the molecule is COc1ccccc1CCNC(=O)c1cc2c(s1)CCCC2. The zero-order valence-corrected chi connectivity index (χ0v) is 13.7. The molecule has 0 saturated carbocycles. The number of aryl methyl sites for hydroxylation is 2. The Morgan fingerprint density at radius 1 is 1.27 bits per heavy atom. The summed E-state index contributed by atoms with van der Waals surface area (Å²) in [4.78, 5) is 14.5. The lowest BCUT2D eigenvalue weighted by molar-refractivity contribution is 0.0958. The van der Waals surface area contributed by atoms with Crippen LogP contribution in [0.5, 0.6) is 5.75 Å². The number of rotatable bonds is 5. The van der Waals surface area contributed by atoms with E-state index < -0.39 is 0 Å². The second kappa shape index (κ2) is 6.97. The standard InChI is InChI=1S/C18H21NO2S/c1-21-15-8-4-2-6-13(15)10-11-19-18(20)17-12-14-7-3-5-9-16(14)22-17/h2,4,6,8,12H,3,5,7,9-11H2,1H3,(H,19,20). The van der Waals surface area contributed by atoms with Crippen LogP contribution in [0, 0.1) is 0 Å². The highest BCUT2D eigenvalue weighted by Gasteiger charge is 2.17. The Morgan fingerprint density at radius 3 is 2.91 bits per heavy atom. The molecule has 0 unspecified atom stereocenters. The van der Waals surface area contributed by atoms with Gasteiger partial charge >= 0.3 is 0 Å². The average molecular weight is 315 g/mol. The normalized spacial score (nSPS) is 13.5. The molecule has 0 saturated heterocycles. The summed E-state index contributed by atoms with van der Waals surface area (Å²) in [5.41, 5.74) is 2.50. The maximum Gasteiger partial charge on any atom is 0.261 e. The molecule has 116 valence electrons. The molecule has 1 aromatic heterocycles. The first-order valence-electron chi connectivity index (χ1n) is 7.79. The molecule has 0 bridgehead atoms. The summed E-state index contributed by atoms with van der Waals surface area (Å²) in [7, 11) is 1.67. The van der Waals surface area contributed by atoms with E-state index in [2.05, 4.69) is 11.4 Å². The number of ether oxygens (including phenoxy) is 1. The van der Waals surface area contributed by atoms with Gasteiger partial charge in [-0.2, -0.15) is 0 Å². The van der Waals surface area contributed by atoms with Crippen molar-refractivity contribution in [2.24, 2.45) is 0 Å². The summed E-state index contributed by atoms with van der Waals surface area (Å²) in [5, 5.41) is 3.02. The largest absolute Gasteiger partial charge is 0.496 e. The second-order valence-corrected chi connectivity index (χ2v) is 6.72. The van der Waals surface area contributed by atoms with Gasteiger partial charge in [-0.1, -0.05) is 18.2 Å². The molecule has 1 heterocycles. The summed E-state index contributed by atoms with van der Waals surface area (Å²) >= 11 is 1.66. The van der Waals surface area contributed by atoms with Crippen molar-refractivity contribution in [3.8, 4) is 5.75 Å². The molecule has 0 atom stereocenters. The Bertz CT molecular complexity index is 639. The van der Waals surface area contributed by atoms with E-state index in [1.54, 1.807) is 18.4 Å². The second-order valence-electron chi connectivity index (χ2n) is 5.58. The van der Waals surface area contributed by atoms with Crippen LogP contribution in [0.3, 0.4) is 0 Å². The number of carbonyl (C=O) groups is 1. The number of nitrogens with one attached hydrogen (secondary N) is 1. The number of amides is 1. The first-order valence-corrected chi connectivity index (χ1v) is 8.61. The zero-order valence-electron chi connectivity index (χ0n) is 12.9. The number of para-hydroxylation sites is 1. The van der Waals surface area contributed by atoms with Gasteiger partial charge in [-0.05, 0) is 55.4 Å². The third-order valence-corrected chi connectivity index (χ3v) is 5.33. The van der Waals surface area contributed by atoms with Gasteiger partial charge in [0.2, 0.25) is 0 Å². The Kier molecular flexibility index (Phi) is 4.78. The fourth-order valence-electron chi connectivity index (χ4n) is 2.91. The van der Waals surface area contributed by atoms with E-state index in [-0.39, 0.29) is 5.91 Å². The smallest absolute Gasteiger partial charge is 0.261 e. The van der Waals surface area contributed by atoms with Crippen LogP contribution in [0.15, 0.2) is 30.3 Å². The number of benzene rings is 1. The maximum absolute atomic E-state index is 12.3. The molecule has 1 aliphatic carbocycles. The Balaban J connectivity index is 1.57. The fourth-order valence-corrected chi connectivity index (χ4v) is 4.08. The van der Waals surface area contributed by atoms with Gasteiger partial charge in [0, 0.05) is 11.4 Å². The van der Waals surface area contributed by atoms with Crippen LogP contribution in [0.2, 0.25) is 0 Å². The van der Waals surface area contributed by atoms with Crippen molar-refractivity contribution < 1.29 is 9.53 Å². The highest BCUT2D eigenvalue weighted by molar-refractivity contribution is 7.14. The molecule has 1 amide bonds. The molecule has 1 aromatic carbocycles. The highest BCUT2D eigenvalue weighted by atomic mass is 32.1. The predicted molar refractivity (Wildman–Crippen MR) is 90.0 cm³/mol. The fraction of sp³-hybridized carbons (Fsp3) is 0.389. The van der Waals surface area contributed by atoms with Crippen LogP contribution in [-0.2, 0) is 19.3 Å². The van der Waals surface area contributed by atoms with Crippen molar-refractivity contribution in [2.45, 2.75) is 32.1 Å². The van der Waals surface area contributed by atoms with Gasteiger partial charge in [-0.3, -0.25) is 4.79 Å². The first kappa shape index (κ1) is 15.1. The van der Waals surface area contributed by atoms with E-state index in [0.29, 0.717) is 6.54 Å². The van der Waals surface area contributed by atoms with E-state index >= 15 is 0 Å². The van der Waals surface area contributed by atoms with Gasteiger partial charge < -0.3 is 10.1 Å². The minimum atomic E-state index is 0.0503. The van der Waals surface area contributed by atoms with Crippen molar-refractivity contribution in [1.82, 2.24) is 5.32 Å². The third kappa shape index (κ3) is 3.33. The molecular formula is C18H21NO2S. The van der Waals surface area contributed by atoms with Gasteiger partial charge in [0.25, 0.3) is 5.91 Å². The van der Waals surface area contributed by atoms with Crippen LogP contribution in [0.4, 0.5) is 0 Å². The molecule has 1 aliphatic rings. The summed E-state index contributed by atoms with van der Waals surface area (Å²) in [6.45, 7) is 0.627. The number of carbonyl (C=O) groups excluding carboxylic acids is 1. The Hall–Kier alpha value is -1.81. The van der Waals surface area contributed by atoms with Crippen LogP contribution in [0.1, 0.15) is 38.5 Å². The van der Waals surface area contributed by atoms with Crippen LogP contribution in [-0.4, -0.2) is 19.6 Å². The minimum absolute atomic E-state index is 0.0503. The molecular weight excluding hydrogens is 294 g/mol. The number of hydrogen-bond donors (Lipinski definition) is 1. The lowest BCUT2D eigenvalue weighted by Gasteiger charge is -2.08. The van der Waals surface area contributed by atoms with Crippen molar-refractivity contribution in [2.75, 3.05) is 13.7 Å². The van der Waals surface area contributed by atoms with Gasteiger partial charge in [0.05, 0.1) is 12.0 Å². The minimum Gasteiger partial charge on any atom is -0.496 e. The van der Waals surface area contributed by atoms with Crippen molar-refractivity contribution in [3.63, 3.8) is 0 Å². The number of fused-ring (bicyclic) bond motifs is 1. The molecule has 3 rings (SSSR count). The topological polar surface area (TPSA) is 38.3 Å². The lowest BCUT2D eigenvalue weighted by Crippen LogP contribution is -2.25. The lowest BCUT2D eigenvalue weighted by atomic mass is 9.99. The monoisotopic (exact) mass is 315 g/mol. The molecule has 1 N–H and O–H groups in total. The molecule has 0 radical (unpaired) electrons. The van der Waals surface area contributed by atoms with E-state index in [4.69, 9.17) is 4.74 Å². The summed E-state index contributed by atoms with van der Waals surface area (Å²) < 4.78 is 5.33. The third-order valence-electron chi connectivity index (χ3n) is 4.09. The molecule has 4 heteroatoms. The number of methoxy groups -OCH3 is 1. The molecule has 0 aliphatic heterocycles. The van der Waals surface area contributed by atoms with Crippen LogP contribution < -0.4 is 10.1 Å². The quantitative estimate of drug-likeness (QED) is 0.915. The van der Waals surface area contributed by atoms with Gasteiger partial charge in [-0.25, -0.2) is 0 Å². The summed E-state index contributed by atoms with van der Waals surface area (Å²) in [5.74, 6) is 0.928. The predicted octanol–water partition coefficient (Wildman–Crippen LogP) is 3.61. The van der Waals surface area contributed by atoms with Gasteiger partial charge in [-0.15, -0.1) is 11.3 Å². The summed E-state index contributed by atoms with van der Waals surface area (Å²) in [6.07, 6.45) is 5.54. The van der Waals surface area contributed by atoms with Gasteiger partial charge in [0.1, 0.15) is 5.75 Å². The van der Waals surface area contributed by atoms with E-state index in [1.807, 2.05) is 24.3 Å². The molecule has 3 nitrogen and oxygen atoms in total. The Labute approximate surface area is 135 Å². The number of hydrogen-bond acceptors (Lipinski definition) is 3. The van der Waals surface area contributed by atoms with Crippen molar-refractivity contribution in [3.05, 3.63) is 51.2 Å². The van der Waals surface area contributed by atoms with Crippen molar-refractivity contribution in [1.29, 1.82) is 0 Å². The van der Waals surface area contributed by atoms with E-state index in [1.165, 1.54) is 23.3 Å². The molecule has 0 fully saturated rings. The highest BCUT2D eigenvalue weighted by Crippen LogP contribution is 2.29. The Morgan fingerprint density at radius 2 is 2.09 bits per heavy atom. The van der Waals surface area contributed by atoms with Crippen molar-refractivity contribution >= 4 is 17.2 Å². The van der Waals surface area contributed by atoms with Crippen LogP contribution >= 0.6 is 11.3 Å². The van der Waals surface area contributed by atoms with E-state index in [0.717, 1.165) is 35.5 Å². The molecule has 2 aromatic rings. The summed E-state index contributed by atoms with van der Waals surface area (Å²) in [6, 6.07) is 10.0. The van der Waals surface area contributed by atoms with Crippen LogP contribution in [0.25, 0.3) is 0 Å². The maximum atomic E-state index is 12.3. The molecule has 0 spiro atoms. The molecule has 22 heavy (non-hydrogen) atoms. The number of thiophene rings is 1. The first-order chi connectivity index (χ1) is 10.8.